The third-order valence-corrected chi connectivity index (χ3v) is 5.41. The lowest BCUT2D eigenvalue weighted by Crippen LogP contribution is -1.95. The Kier molecular flexibility index (Phi) is 4.23. The summed E-state index contributed by atoms with van der Waals surface area (Å²) in [5, 5.41) is 0.457. The maximum absolute atomic E-state index is 13.8. The molecule has 1 atom stereocenters. The number of hydrogen-bond donors (Lipinski definition) is 0. The summed E-state index contributed by atoms with van der Waals surface area (Å²) in [7, 11) is 0. The van der Waals surface area contributed by atoms with E-state index in [1.165, 1.54) is 10.9 Å². The molecule has 1 unspecified atom stereocenters. The van der Waals surface area contributed by atoms with Gasteiger partial charge in [-0.2, -0.15) is 0 Å². The number of alkyl halides is 1. The molecule has 0 bridgehead atoms. The van der Waals surface area contributed by atoms with Crippen molar-refractivity contribution in [3.05, 3.63) is 56.5 Å². The summed E-state index contributed by atoms with van der Waals surface area (Å²) < 4.78 is 13.8. The highest BCUT2D eigenvalue weighted by atomic mass is 79.9. The van der Waals surface area contributed by atoms with Gasteiger partial charge in [0.05, 0.1) is 4.83 Å². The second-order valence-electron chi connectivity index (χ2n) is 3.66. The summed E-state index contributed by atoms with van der Waals surface area (Å²) in [6, 6.07) is 8.86. The standard InChI is InChI=1S/C13H11BrClFS/c1-2-8-6-7-11(17-8)13(14)12-9(15)4-3-5-10(12)16/h3-7,13H,2H2,1H3. The molecule has 1 heterocycles. The van der Waals surface area contributed by atoms with Crippen molar-refractivity contribution in [2.24, 2.45) is 0 Å². The minimum atomic E-state index is -0.272. The van der Waals surface area contributed by atoms with Crippen LogP contribution in [0.2, 0.25) is 5.02 Å². The fraction of sp³-hybridized carbons (Fsp3) is 0.231. The highest BCUT2D eigenvalue weighted by molar-refractivity contribution is 9.09. The summed E-state index contributed by atoms with van der Waals surface area (Å²) >= 11 is 11.3. The molecule has 1 aromatic carbocycles. The van der Waals surface area contributed by atoms with Crippen molar-refractivity contribution in [2.75, 3.05) is 0 Å². The Morgan fingerprint density at radius 1 is 1.35 bits per heavy atom. The summed E-state index contributed by atoms with van der Waals surface area (Å²) in [5.41, 5.74) is 0.513. The normalized spacial score (nSPS) is 12.7. The van der Waals surface area contributed by atoms with Gasteiger partial charge < -0.3 is 0 Å². The minimum Gasteiger partial charge on any atom is -0.207 e. The van der Waals surface area contributed by atoms with Crippen LogP contribution in [0.3, 0.4) is 0 Å². The van der Waals surface area contributed by atoms with E-state index in [2.05, 4.69) is 28.9 Å². The van der Waals surface area contributed by atoms with Crippen molar-refractivity contribution < 1.29 is 4.39 Å². The first kappa shape index (κ1) is 13.1. The van der Waals surface area contributed by atoms with Crippen LogP contribution in [0.1, 0.15) is 27.1 Å². The molecule has 0 N–H and O–H groups in total. The van der Waals surface area contributed by atoms with Gasteiger partial charge in [-0.05, 0) is 30.7 Å². The van der Waals surface area contributed by atoms with Gasteiger partial charge in [0.2, 0.25) is 0 Å². The van der Waals surface area contributed by atoms with Crippen LogP contribution in [0.5, 0.6) is 0 Å². The summed E-state index contributed by atoms with van der Waals surface area (Å²) in [4.78, 5) is 2.19. The predicted octanol–water partition coefficient (Wildman–Crippen LogP) is 5.59. The monoisotopic (exact) mass is 332 g/mol. The molecule has 0 aliphatic carbocycles. The van der Waals surface area contributed by atoms with E-state index in [4.69, 9.17) is 11.6 Å². The lowest BCUT2D eigenvalue weighted by molar-refractivity contribution is 0.614. The van der Waals surface area contributed by atoms with E-state index in [0.717, 1.165) is 11.3 Å². The van der Waals surface area contributed by atoms with Crippen molar-refractivity contribution in [2.45, 2.75) is 18.2 Å². The van der Waals surface area contributed by atoms with Crippen LogP contribution in [0.4, 0.5) is 4.39 Å². The van der Waals surface area contributed by atoms with Crippen molar-refractivity contribution >= 4 is 38.9 Å². The Balaban J connectivity index is 2.39. The fourth-order valence-corrected chi connectivity index (χ4v) is 3.86. The van der Waals surface area contributed by atoms with Gasteiger partial charge in [-0.25, -0.2) is 4.39 Å². The lowest BCUT2D eigenvalue weighted by atomic mass is 10.1. The highest BCUT2D eigenvalue weighted by Crippen LogP contribution is 2.39. The molecule has 0 aliphatic heterocycles. The Morgan fingerprint density at radius 2 is 2.12 bits per heavy atom. The summed E-state index contributed by atoms with van der Waals surface area (Å²) in [6.45, 7) is 2.11. The van der Waals surface area contributed by atoms with Gasteiger partial charge in [-0.15, -0.1) is 11.3 Å². The molecular formula is C13H11BrClFS. The maximum atomic E-state index is 13.8. The van der Waals surface area contributed by atoms with Gasteiger partial charge in [-0.1, -0.05) is 40.5 Å². The number of benzene rings is 1. The highest BCUT2D eigenvalue weighted by Gasteiger charge is 2.19. The zero-order chi connectivity index (χ0) is 12.4. The molecule has 0 aliphatic rings. The van der Waals surface area contributed by atoms with Crippen LogP contribution in [-0.4, -0.2) is 0 Å². The van der Waals surface area contributed by atoms with Crippen LogP contribution < -0.4 is 0 Å². The quantitative estimate of drug-likeness (QED) is 0.643. The summed E-state index contributed by atoms with van der Waals surface area (Å²) in [6.07, 6.45) is 0.995. The average Bonchev–Trinajstić information content (AvgIpc) is 2.77. The number of halogens is 3. The number of rotatable bonds is 3. The molecule has 4 heteroatoms. The molecule has 1 aromatic heterocycles. The van der Waals surface area contributed by atoms with Crippen LogP contribution in [-0.2, 0) is 6.42 Å². The summed E-state index contributed by atoms with van der Waals surface area (Å²) in [5.74, 6) is -0.272. The van der Waals surface area contributed by atoms with Crippen LogP contribution >= 0.6 is 38.9 Å². The first-order valence-electron chi connectivity index (χ1n) is 5.30. The first-order chi connectivity index (χ1) is 8.13. The molecule has 0 radical (unpaired) electrons. The van der Waals surface area contributed by atoms with Crippen molar-refractivity contribution in [1.29, 1.82) is 0 Å². The lowest BCUT2D eigenvalue weighted by Gasteiger charge is -2.11. The Morgan fingerprint density at radius 3 is 2.71 bits per heavy atom. The van der Waals surface area contributed by atoms with E-state index in [1.807, 2.05) is 6.07 Å². The second-order valence-corrected chi connectivity index (χ2v) is 6.18. The third kappa shape index (κ3) is 2.72. The van der Waals surface area contributed by atoms with E-state index < -0.39 is 0 Å². The van der Waals surface area contributed by atoms with Gasteiger partial charge >= 0.3 is 0 Å². The zero-order valence-electron chi connectivity index (χ0n) is 9.21. The molecule has 0 nitrogen and oxygen atoms in total. The average molecular weight is 334 g/mol. The molecule has 2 rings (SSSR count). The Bertz CT molecular complexity index is 504. The molecule has 17 heavy (non-hydrogen) atoms. The van der Waals surface area contributed by atoms with Crippen LogP contribution in [0.15, 0.2) is 30.3 Å². The molecule has 2 aromatic rings. The number of aryl methyl sites for hydroxylation is 1. The minimum absolute atomic E-state index is 0.179. The molecule has 0 saturated heterocycles. The van der Waals surface area contributed by atoms with Gasteiger partial charge in [0.1, 0.15) is 5.82 Å². The molecule has 0 fully saturated rings. The Hall–Kier alpha value is -0.380. The first-order valence-corrected chi connectivity index (χ1v) is 7.41. The number of thiophene rings is 1. The smallest absolute Gasteiger partial charge is 0.129 e. The largest absolute Gasteiger partial charge is 0.207 e. The third-order valence-electron chi connectivity index (χ3n) is 2.53. The second kappa shape index (κ2) is 5.51. The zero-order valence-corrected chi connectivity index (χ0v) is 12.4. The van der Waals surface area contributed by atoms with Gasteiger partial charge in [0.25, 0.3) is 0 Å². The molecular weight excluding hydrogens is 323 g/mol. The van der Waals surface area contributed by atoms with Gasteiger partial charge in [-0.3, -0.25) is 0 Å². The van der Waals surface area contributed by atoms with E-state index in [9.17, 15) is 4.39 Å². The molecule has 90 valence electrons. The number of hydrogen-bond acceptors (Lipinski definition) is 1. The van der Waals surface area contributed by atoms with E-state index >= 15 is 0 Å². The van der Waals surface area contributed by atoms with Gasteiger partial charge in [0, 0.05) is 20.3 Å². The van der Waals surface area contributed by atoms with Crippen LogP contribution in [0.25, 0.3) is 0 Å². The van der Waals surface area contributed by atoms with Gasteiger partial charge in [0.15, 0.2) is 0 Å². The molecule has 0 amide bonds. The molecule has 0 spiro atoms. The van der Waals surface area contributed by atoms with E-state index in [0.29, 0.717) is 10.6 Å². The van der Waals surface area contributed by atoms with E-state index in [-0.39, 0.29) is 10.6 Å². The topological polar surface area (TPSA) is 0 Å². The van der Waals surface area contributed by atoms with E-state index in [1.54, 1.807) is 23.5 Å². The Labute approximate surface area is 118 Å². The van der Waals surface area contributed by atoms with Crippen molar-refractivity contribution in [3.8, 4) is 0 Å². The molecule has 0 saturated carbocycles. The maximum Gasteiger partial charge on any atom is 0.129 e. The van der Waals surface area contributed by atoms with Crippen LogP contribution in [0, 0.1) is 5.82 Å². The van der Waals surface area contributed by atoms with Crippen molar-refractivity contribution in [1.82, 2.24) is 0 Å². The van der Waals surface area contributed by atoms with Crippen molar-refractivity contribution in [3.63, 3.8) is 0 Å². The predicted molar refractivity (Wildman–Crippen MR) is 75.9 cm³/mol. The SMILES string of the molecule is CCc1ccc(C(Br)c2c(F)cccc2Cl)s1. The fourth-order valence-electron chi connectivity index (χ4n) is 1.62.